The molecule has 4 aromatic rings. The molecule has 2 N–H and O–H groups in total. The average Bonchev–Trinajstić information content (AvgIpc) is 3.14. The number of aromatic nitrogens is 5. The molecular weight excluding hydrogens is 276 g/mol. The van der Waals surface area contributed by atoms with E-state index in [0.29, 0.717) is 5.82 Å². The van der Waals surface area contributed by atoms with Crippen LogP contribution < -0.4 is 5.73 Å². The van der Waals surface area contributed by atoms with Gasteiger partial charge < -0.3 is 10.3 Å². The molecule has 0 spiro atoms. The van der Waals surface area contributed by atoms with Crippen molar-refractivity contribution < 1.29 is 0 Å². The largest absolute Gasteiger partial charge is 0.384 e. The van der Waals surface area contributed by atoms with Crippen LogP contribution in [-0.4, -0.2) is 24.1 Å². The second-order valence-electron chi connectivity index (χ2n) is 5.12. The highest BCUT2D eigenvalue weighted by molar-refractivity contribution is 5.78. The summed E-state index contributed by atoms with van der Waals surface area (Å²) in [6.07, 6.45) is 7.21. The van der Waals surface area contributed by atoms with Crippen LogP contribution in [0.4, 0.5) is 5.82 Å². The summed E-state index contributed by atoms with van der Waals surface area (Å²) < 4.78 is 4.03. The van der Waals surface area contributed by atoms with Crippen molar-refractivity contribution in [3.05, 3.63) is 55.2 Å². The van der Waals surface area contributed by atoms with Crippen LogP contribution in [0.2, 0.25) is 0 Å². The summed E-state index contributed by atoms with van der Waals surface area (Å²) in [7, 11) is 1.98. The van der Waals surface area contributed by atoms with E-state index in [1.165, 1.54) is 0 Å². The molecule has 3 heterocycles. The summed E-state index contributed by atoms with van der Waals surface area (Å²) in [4.78, 5) is 12.8. The van der Waals surface area contributed by atoms with Crippen molar-refractivity contribution in [1.82, 2.24) is 24.1 Å². The molecule has 0 amide bonds. The Morgan fingerprint density at radius 2 is 1.91 bits per heavy atom. The highest BCUT2D eigenvalue weighted by Gasteiger charge is 2.10. The van der Waals surface area contributed by atoms with Gasteiger partial charge in [0.25, 0.3) is 0 Å². The van der Waals surface area contributed by atoms with Crippen LogP contribution in [-0.2, 0) is 7.05 Å². The zero-order valence-corrected chi connectivity index (χ0v) is 12.0. The number of hydrogen-bond acceptors (Lipinski definition) is 4. The van der Waals surface area contributed by atoms with E-state index in [1.807, 2.05) is 53.0 Å². The molecule has 1 aromatic carbocycles. The standard InChI is InChI=1S/C16H14N6/c1-21-10-20-13-3-2-12(9-14(13)21)22-7-6-19-16(22)11-4-5-18-15(17)8-11/h2-10H,1H3,(H2,17,18). The first kappa shape index (κ1) is 12.6. The molecule has 6 nitrogen and oxygen atoms in total. The smallest absolute Gasteiger partial charge is 0.144 e. The monoisotopic (exact) mass is 290 g/mol. The molecule has 0 aliphatic heterocycles. The Bertz CT molecular complexity index is 966. The molecule has 0 aliphatic rings. The van der Waals surface area contributed by atoms with Gasteiger partial charge in [-0.05, 0) is 30.3 Å². The van der Waals surface area contributed by atoms with E-state index < -0.39 is 0 Å². The van der Waals surface area contributed by atoms with Gasteiger partial charge in [-0.25, -0.2) is 15.0 Å². The zero-order chi connectivity index (χ0) is 15.1. The first-order valence-corrected chi connectivity index (χ1v) is 6.89. The van der Waals surface area contributed by atoms with E-state index in [9.17, 15) is 0 Å². The molecule has 3 aromatic heterocycles. The fraction of sp³-hybridized carbons (Fsp3) is 0.0625. The molecule has 0 unspecified atom stereocenters. The Morgan fingerprint density at radius 3 is 2.77 bits per heavy atom. The lowest BCUT2D eigenvalue weighted by atomic mass is 10.2. The van der Waals surface area contributed by atoms with Crippen LogP contribution in [0, 0.1) is 0 Å². The van der Waals surface area contributed by atoms with Gasteiger partial charge in [-0.2, -0.15) is 0 Å². The quantitative estimate of drug-likeness (QED) is 0.615. The third kappa shape index (κ3) is 1.93. The third-order valence-electron chi connectivity index (χ3n) is 3.67. The van der Waals surface area contributed by atoms with Crippen molar-refractivity contribution in [2.75, 3.05) is 5.73 Å². The molecule has 108 valence electrons. The number of hydrogen-bond donors (Lipinski definition) is 1. The van der Waals surface area contributed by atoms with Gasteiger partial charge in [-0.3, -0.25) is 4.57 Å². The molecule has 0 radical (unpaired) electrons. The number of aryl methyl sites for hydroxylation is 1. The van der Waals surface area contributed by atoms with Crippen LogP contribution in [0.3, 0.4) is 0 Å². The Kier molecular flexibility index (Phi) is 2.69. The van der Waals surface area contributed by atoms with Crippen molar-refractivity contribution in [2.24, 2.45) is 7.05 Å². The zero-order valence-electron chi connectivity index (χ0n) is 12.0. The van der Waals surface area contributed by atoms with Crippen LogP contribution in [0.5, 0.6) is 0 Å². The Labute approximate surface area is 126 Å². The van der Waals surface area contributed by atoms with Gasteiger partial charge in [0.15, 0.2) is 0 Å². The van der Waals surface area contributed by atoms with Crippen LogP contribution >= 0.6 is 0 Å². The molecule has 22 heavy (non-hydrogen) atoms. The predicted octanol–water partition coefficient (Wildman–Crippen LogP) is 2.40. The number of fused-ring (bicyclic) bond motifs is 1. The minimum absolute atomic E-state index is 0.481. The second-order valence-corrected chi connectivity index (χ2v) is 5.12. The summed E-state index contributed by atoms with van der Waals surface area (Å²) in [5, 5.41) is 0. The maximum Gasteiger partial charge on any atom is 0.144 e. The Balaban J connectivity index is 1.89. The molecule has 4 rings (SSSR count). The molecular formula is C16H14N6. The van der Waals surface area contributed by atoms with E-state index in [4.69, 9.17) is 5.73 Å². The van der Waals surface area contributed by atoms with Crippen molar-refractivity contribution >= 4 is 16.9 Å². The summed E-state index contributed by atoms with van der Waals surface area (Å²) in [5.41, 5.74) is 9.78. The second kappa shape index (κ2) is 4.70. The molecule has 0 atom stereocenters. The summed E-state index contributed by atoms with van der Waals surface area (Å²) >= 11 is 0. The lowest BCUT2D eigenvalue weighted by Crippen LogP contribution is -1.98. The van der Waals surface area contributed by atoms with Crippen molar-refractivity contribution in [3.63, 3.8) is 0 Å². The van der Waals surface area contributed by atoms with Crippen LogP contribution in [0.25, 0.3) is 28.1 Å². The van der Waals surface area contributed by atoms with E-state index in [2.05, 4.69) is 21.0 Å². The summed E-state index contributed by atoms with van der Waals surface area (Å²) in [5.74, 6) is 1.31. The highest BCUT2D eigenvalue weighted by Crippen LogP contribution is 2.24. The minimum atomic E-state index is 0.481. The van der Waals surface area contributed by atoms with Gasteiger partial charge in [0.1, 0.15) is 11.6 Å². The average molecular weight is 290 g/mol. The van der Waals surface area contributed by atoms with E-state index in [1.54, 1.807) is 12.4 Å². The molecule has 0 bridgehead atoms. The Hall–Kier alpha value is -3.15. The number of nitrogens with zero attached hydrogens (tertiary/aromatic N) is 5. The predicted molar refractivity (Wildman–Crippen MR) is 85.5 cm³/mol. The first-order chi connectivity index (χ1) is 10.7. The molecule has 0 fully saturated rings. The van der Waals surface area contributed by atoms with Gasteiger partial charge in [-0.1, -0.05) is 0 Å². The fourth-order valence-electron chi connectivity index (χ4n) is 2.58. The molecule has 0 aliphatic carbocycles. The van der Waals surface area contributed by atoms with Crippen LogP contribution in [0.1, 0.15) is 0 Å². The molecule has 6 heteroatoms. The number of anilines is 1. The van der Waals surface area contributed by atoms with E-state index in [-0.39, 0.29) is 0 Å². The van der Waals surface area contributed by atoms with E-state index in [0.717, 1.165) is 28.1 Å². The highest BCUT2D eigenvalue weighted by atomic mass is 15.1. The number of imidazole rings is 2. The van der Waals surface area contributed by atoms with Crippen molar-refractivity contribution in [1.29, 1.82) is 0 Å². The number of rotatable bonds is 2. The number of nitrogen functional groups attached to an aromatic ring is 1. The van der Waals surface area contributed by atoms with Gasteiger partial charge in [0.2, 0.25) is 0 Å². The fourth-order valence-corrected chi connectivity index (χ4v) is 2.58. The third-order valence-corrected chi connectivity index (χ3v) is 3.67. The van der Waals surface area contributed by atoms with Gasteiger partial charge in [0.05, 0.1) is 17.4 Å². The normalized spacial score (nSPS) is 11.1. The number of pyridine rings is 1. The summed E-state index contributed by atoms with van der Waals surface area (Å²) in [6.45, 7) is 0. The van der Waals surface area contributed by atoms with Crippen LogP contribution in [0.15, 0.2) is 55.2 Å². The van der Waals surface area contributed by atoms with Crippen molar-refractivity contribution in [3.8, 4) is 17.1 Å². The maximum absolute atomic E-state index is 5.77. The number of benzene rings is 1. The first-order valence-electron chi connectivity index (χ1n) is 6.89. The summed E-state index contributed by atoms with van der Waals surface area (Å²) in [6, 6.07) is 9.86. The van der Waals surface area contributed by atoms with Gasteiger partial charge in [-0.15, -0.1) is 0 Å². The van der Waals surface area contributed by atoms with Crippen molar-refractivity contribution in [2.45, 2.75) is 0 Å². The SMILES string of the molecule is Cn1cnc2ccc(-n3ccnc3-c3ccnc(N)c3)cc21. The molecule has 0 saturated carbocycles. The van der Waals surface area contributed by atoms with E-state index >= 15 is 0 Å². The topological polar surface area (TPSA) is 74.5 Å². The lowest BCUT2D eigenvalue weighted by Gasteiger charge is -2.09. The number of nitrogens with two attached hydrogens (primary N) is 1. The minimum Gasteiger partial charge on any atom is -0.384 e. The van der Waals surface area contributed by atoms with Gasteiger partial charge in [0, 0.05) is 36.9 Å². The Morgan fingerprint density at radius 1 is 1.00 bits per heavy atom. The molecule has 0 saturated heterocycles. The van der Waals surface area contributed by atoms with Gasteiger partial charge >= 0.3 is 0 Å². The maximum atomic E-state index is 5.77. The lowest BCUT2D eigenvalue weighted by molar-refractivity contribution is 0.946.